The lowest BCUT2D eigenvalue weighted by molar-refractivity contribution is 0.492. The standard InChI is InChI=1S/C11H18N4/c1-8-2-3-10-9(6-8)7-14-11(15-10)13-5-4-12/h7-8H,2-6,12H2,1H3,(H,13,14,15). The van der Waals surface area contributed by atoms with Gasteiger partial charge in [-0.05, 0) is 30.7 Å². The normalized spacial score (nSPS) is 19.7. The van der Waals surface area contributed by atoms with Crippen molar-refractivity contribution in [3.8, 4) is 0 Å². The predicted octanol–water partition coefficient (Wildman–Crippen LogP) is 0.972. The number of hydrogen-bond donors (Lipinski definition) is 2. The Morgan fingerprint density at radius 1 is 1.60 bits per heavy atom. The zero-order valence-corrected chi connectivity index (χ0v) is 9.16. The number of aryl methyl sites for hydroxylation is 1. The van der Waals surface area contributed by atoms with E-state index in [2.05, 4.69) is 22.2 Å². The summed E-state index contributed by atoms with van der Waals surface area (Å²) in [6.45, 7) is 3.62. The summed E-state index contributed by atoms with van der Waals surface area (Å²) < 4.78 is 0. The van der Waals surface area contributed by atoms with E-state index in [4.69, 9.17) is 5.73 Å². The molecule has 1 heterocycles. The van der Waals surface area contributed by atoms with Crippen molar-refractivity contribution in [1.82, 2.24) is 9.97 Å². The second-order valence-corrected chi connectivity index (χ2v) is 4.23. The molecule has 1 aromatic heterocycles. The van der Waals surface area contributed by atoms with Crippen LogP contribution in [0.25, 0.3) is 0 Å². The molecule has 0 spiro atoms. The van der Waals surface area contributed by atoms with E-state index in [0.717, 1.165) is 25.3 Å². The highest BCUT2D eigenvalue weighted by atomic mass is 15.1. The molecule has 0 amide bonds. The zero-order chi connectivity index (χ0) is 10.7. The fourth-order valence-corrected chi connectivity index (χ4v) is 1.96. The van der Waals surface area contributed by atoms with Crippen LogP contribution in [0, 0.1) is 5.92 Å². The van der Waals surface area contributed by atoms with Gasteiger partial charge in [-0.2, -0.15) is 0 Å². The summed E-state index contributed by atoms with van der Waals surface area (Å²) in [6, 6.07) is 0. The number of nitrogens with two attached hydrogens (primary N) is 1. The lowest BCUT2D eigenvalue weighted by atomic mass is 9.89. The zero-order valence-electron chi connectivity index (χ0n) is 9.16. The lowest BCUT2D eigenvalue weighted by Gasteiger charge is -2.20. The topological polar surface area (TPSA) is 63.8 Å². The second-order valence-electron chi connectivity index (χ2n) is 4.23. The van der Waals surface area contributed by atoms with E-state index in [-0.39, 0.29) is 0 Å². The number of nitrogens with one attached hydrogen (secondary N) is 1. The van der Waals surface area contributed by atoms with Gasteiger partial charge >= 0.3 is 0 Å². The smallest absolute Gasteiger partial charge is 0.222 e. The molecular weight excluding hydrogens is 188 g/mol. The molecule has 0 radical (unpaired) electrons. The Kier molecular flexibility index (Phi) is 3.16. The molecule has 82 valence electrons. The minimum Gasteiger partial charge on any atom is -0.353 e. The number of fused-ring (bicyclic) bond motifs is 1. The molecule has 3 N–H and O–H groups in total. The van der Waals surface area contributed by atoms with E-state index in [0.29, 0.717) is 12.5 Å². The van der Waals surface area contributed by atoms with Gasteiger partial charge in [-0.3, -0.25) is 0 Å². The molecule has 0 aromatic carbocycles. The van der Waals surface area contributed by atoms with Crippen molar-refractivity contribution in [2.75, 3.05) is 18.4 Å². The Morgan fingerprint density at radius 3 is 3.27 bits per heavy atom. The predicted molar refractivity (Wildman–Crippen MR) is 60.8 cm³/mol. The monoisotopic (exact) mass is 206 g/mol. The highest BCUT2D eigenvalue weighted by molar-refractivity contribution is 5.31. The van der Waals surface area contributed by atoms with Crippen LogP contribution in [0.1, 0.15) is 24.6 Å². The largest absolute Gasteiger partial charge is 0.353 e. The van der Waals surface area contributed by atoms with Crippen molar-refractivity contribution in [3.63, 3.8) is 0 Å². The molecule has 4 nitrogen and oxygen atoms in total. The summed E-state index contributed by atoms with van der Waals surface area (Å²) in [4.78, 5) is 8.79. The first-order chi connectivity index (χ1) is 7.29. The van der Waals surface area contributed by atoms with Gasteiger partial charge in [-0.1, -0.05) is 6.92 Å². The number of rotatable bonds is 3. The van der Waals surface area contributed by atoms with Crippen molar-refractivity contribution in [2.45, 2.75) is 26.2 Å². The van der Waals surface area contributed by atoms with Crippen LogP contribution in [0.2, 0.25) is 0 Å². The maximum atomic E-state index is 5.41. The SMILES string of the molecule is CC1CCc2nc(NCCN)ncc2C1. The molecule has 0 saturated heterocycles. The fourth-order valence-electron chi connectivity index (χ4n) is 1.96. The molecule has 1 aliphatic carbocycles. The average Bonchev–Trinajstić information content (AvgIpc) is 2.26. The molecule has 0 aliphatic heterocycles. The van der Waals surface area contributed by atoms with Crippen molar-refractivity contribution in [1.29, 1.82) is 0 Å². The summed E-state index contributed by atoms with van der Waals surface area (Å²) in [6.07, 6.45) is 5.39. The van der Waals surface area contributed by atoms with Gasteiger partial charge in [0.15, 0.2) is 0 Å². The van der Waals surface area contributed by atoms with Gasteiger partial charge in [-0.25, -0.2) is 9.97 Å². The highest BCUT2D eigenvalue weighted by Crippen LogP contribution is 2.23. The summed E-state index contributed by atoms with van der Waals surface area (Å²) in [5.41, 5.74) is 7.94. The average molecular weight is 206 g/mol. The van der Waals surface area contributed by atoms with Gasteiger partial charge in [0.2, 0.25) is 5.95 Å². The maximum absolute atomic E-state index is 5.41. The van der Waals surface area contributed by atoms with E-state index in [1.54, 1.807) is 0 Å². The first-order valence-corrected chi connectivity index (χ1v) is 5.58. The third-order valence-electron chi connectivity index (χ3n) is 2.82. The minimum absolute atomic E-state index is 0.609. The molecule has 0 bridgehead atoms. The van der Waals surface area contributed by atoms with Gasteiger partial charge in [0.1, 0.15) is 0 Å². The fraction of sp³-hybridized carbons (Fsp3) is 0.636. The Labute approximate surface area is 90.3 Å². The van der Waals surface area contributed by atoms with Crippen LogP contribution in [0.4, 0.5) is 5.95 Å². The van der Waals surface area contributed by atoms with Crippen LogP contribution < -0.4 is 11.1 Å². The minimum atomic E-state index is 0.609. The van der Waals surface area contributed by atoms with Crippen LogP contribution in [0.5, 0.6) is 0 Å². The highest BCUT2D eigenvalue weighted by Gasteiger charge is 2.16. The molecule has 1 aliphatic rings. The van der Waals surface area contributed by atoms with Gasteiger partial charge < -0.3 is 11.1 Å². The van der Waals surface area contributed by atoms with Crippen molar-refractivity contribution < 1.29 is 0 Å². The molecule has 1 unspecified atom stereocenters. The van der Waals surface area contributed by atoms with Crippen LogP contribution in [0.15, 0.2) is 6.20 Å². The lowest BCUT2D eigenvalue weighted by Crippen LogP contribution is -2.18. The number of hydrogen-bond acceptors (Lipinski definition) is 4. The first-order valence-electron chi connectivity index (χ1n) is 5.58. The van der Waals surface area contributed by atoms with E-state index in [9.17, 15) is 0 Å². The van der Waals surface area contributed by atoms with Crippen LogP contribution in [0.3, 0.4) is 0 Å². The molecule has 1 aromatic rings. The Bertz CT molecular complexity index is 337. The Hall–Kier alpha value is -1.16. The molecule has 0 saturated carbocycles. The Balaban J connectivity index is 2.12. The number of aromatic nitrogens is 2. The summed E-state index contributed by atoms with van der Waals surface area (Å²) >= 11 is 0. The third-order valence-corrected chi connectivity index (χ3v) is 2.82. The first kappa shape index (κ1) is 10.4. The van der Waals surface area contributed by atoms with E-state index in [1.807, 2.05) is 6.20 Å². The number of anilines is 1. The van der Waals surface area contributed by atoms with Crippen molar-refractivity contribution >= 4 is 5.95 Å². The maximum Gasteiger partial charge on any atom is 0.222 e. The van der Waals surface area contributed by atoms with Gasteiger partial charge in [0.25, 0.3) is 0 Å². The second kappa shape index (κ2) is 4.57. The molecule has 15 heavy (non-hydrogen) atoms. The Morgan fingerprint density at radius 2 is 2.47 bits per heavy atom. The van der Waals surface area contributed by atoms with Crippen LogP contribution >= 0.6 is 0 Å². The van der Waals surface area contributed by atoms with Crippen molar-refractivity contribution in [3.05, 3.63) is 17.5 Å². The quantitative estimate of drug-likeness (QED) is 0.773. The van der Waals surface area contributed by atoms with Gasteiger partial charge in [-0.15, -0.1) is 0 Å². The van der Waals surface area contributed by atoms with Gasteiger partial charge in [0, 0.05) is 25.0 Å². The van der Waals surface area contributed by atoms with Crippen LogP contribution in [-0.4, -0.2) is 23.1 Å². The summed E-state index contributed by atoms with van der Waals surface area (Å²) in [5, 5.41) is 3.11. The van der Waals surface area contributed by atoms with E-state index < -0.39 is 0 Å². The van der Waals surface area contributed by atoms with Crippen molar-refractivity contribution in [2.24, 2.45) is 11.7 Å². The molecule has 2 rings (SSSR count). The van der Waals surface area contributed by atoms with Gasteiger partial charge in [0.05, 0.1) is 0 Å². The number of nitrogens with zero attached hydrogens (tertiary/aromatic N) is 2. The summed E-state index contributed by atoms with van der Waals surface area (Å²) in [7, 11) is 0. The molecule has 1 atom stereocenters. The molecule has 0 fully saturated rings. The third kappa shape index (κ3) is 2.45. The van der Waals surface area contributed by atoms with E-state index in [1.165, 1.54) is 17.7 Å². The van der Waals surface area contributed by atoms with Crippen LogP contribution in [-0.2, 0) is 12.8 Å². The molecule has 4 heteroatoms. The summed E-state index contributed by atoms with van der Waals surface area (Å²) in [5.74, 6) is 1.48. The van der Waals surface area contributed by atoms with E-state index >= 15 is 0 Å². The molecular formula is C11H18N4.